The smallest absolute Gasteiger partial charge is 0.314 e. The molecular weight excluding hydrogens is 302 g/mol. The first-order chi connectivity index (χ1) is 11.4. The molecule has 24 heavy (non-hydrogen) atoms. The quantitative estimate of drug-likeness (QED) is 0.870. The van der Waals surface area contributed by atoms with Crippen molar-refractivity contribution < 1.29 is 9.59 Å². The minimum atomic E-state index is -0.377. The van der Waals surface area contributed by atoms with Gasteiger partial charge in [0.1, 0.15) is 0 Å². The Hall–Kier alpha value is -2.04. The van der Waals surface area contributed by atoms with E-state index in [-0.39, 0.29) is 23.9 Å². The zero-order valence-electron chi connectivity index (χ0n) is 14.9. The first-order valence-electron chi connectivity index (χ1n) is 8.80. The molecule has 5 nitrogen and oxygen atoms in total. The van der Waals surface area contributed by atoms with Gasteiger partial charge in [0.15, 0.2) is 0 Å². The van der Waals surface area contributed by atoms with Crippen molar-refractivity contribution in [1.29, 1.82) is 0 Å². The number of carbonyl (C=O) groups excluding carboxylic acids is 2. The number of nitrogens with two attached hydrogens (primary N) is 1. The van der Waals surface area contributed by atoms with Crippen molar-refractivity contribution in [1.82, 2.24) is 10.2 Å². The summed E-state index contributed by atoms with van der Waals surface area (Å²) >= 11 is 0. The lowest BCUT2D eigenvalue weighted by Crippen LogP contribution is -2.48. The normalized spacial score (nSPS) is 16.9. The average molecular weight is 331 g/mol. The molecule has 0 aliphatic carbocycles. The number of nitrogens with zero attached hydrogens (tertiary/aromatic N) is 1. The topological polar surface area (TPSA) is 75.4 Å². The summed E-state index contributed by atoms with van der Waals surface area (Å²) < 4.78 is 0. The van der Waals surface area contributed by atoms with Crippen LogP contribution in [0.4, 0.5) is 4.79 Å². The molecule has 0 aromatic heterocycles. The van der Waals surface area contributed by atoms with E-state index in [0.29, 0.717) is 25.4 Å². The van der Waals surface area contributed by atoms with Gasteiger partial charge in [-0.15, -0.1) is 0 Å². The van der Waals surface area contributed by atoms with Crippen molar-refractivity contribution in [2.75, 3.05) is 13.1 Å². The summed E-state index contributed by atoms with van der Waals surface area (Å²) in [7, 11) is 0. The minimum absolute atomic E-state index is 0.0768. The van der Waals surface area contributed by atoms with Crippen LogP contribution in [0.25, 0.3) is 0 Å². The molecule has 1 aromatic carbocycles. The molecule has 3 amide bonds. The van der Waals surface area contributed by atoms with Crippen molar-refractivity contribution in [2.24, 2.45) is 5.73 Å². The van der Waals surface area contributed by atoms with Gasteiger partial charge < -0.3 is 16.0 Å². The molecule has 0 radical (unpaired) electrons. The zero-order valence-corrected chi connectivity index (χ0v) is 14.9. The number of likely N-dealkylation sites (tertiary alicyclic amines) is 1. The maximum Gasteiger partial charge on any atom is 0.314 e. The van der Waals surface area contributed by atoms with E-state index in [4.69, 9.17) is 5.73 Å². The van der Waals surface area contributed by atoms with Crippen LogP contribution in [0, 0.1) is 0 Å². The Morgan fingerprint density at radius 2 is 1.67 bits per heavy atom. The fourth-order valence-electron chi connectivity index (χ4n) is 3.14. The maximum atomic E-state index is 12.3. The summed E-state index contributed by atoms with van der Waals surface area (Å²) in [6.07, 6.45) is 2.02. The number of rotatable bonds is 5. The van der Waals surface area contributed by atoms with E-state index < -0.39 is 0 Å². The third-order valence-electron chi connectivity index (χ3n) is 4.84. The number of urea groups is 1. The van der Waals surface area contributed by atoms with Crippen molar-refractivity contribution in [3.8, 4) is 0 Å². The Morgan fingerprint density at radius 3 is 2.17 bits per heavy atom. The number of hydrogen-bond acceptors (Lipinski definition) is 2. The van der Waals surface area contributed by atoms with E-state index in [1.165, 1.54) is 11.1 Å². The lowest BCUT2D eigenvalue weighted by Gasteiger charge is -2.31. The third-order valence-corrected chi connectivity index (χ3v) is 4.84. The highest BCUT2D eigenvalue weighted by Crippen LogP contribution is 2.22. The van der Waals surface area contributed by atoms with Gasteiger partial charge in [-0.3, -0.25) is 4.79 Å². The predicted octanol–water partition coefficient (Wildman–Crippen LogP) is 2.96. The molecule has 5 heteroatoms. The van der Waals surface area contributed by atoms with Gasteiger partial charge in [-0.25, -0.2) is 4.79 Å². The summed E-state index contributed by atoms with van der Waals surface area (Å²) in [4.78, 5) is 25.0. The highest BCUT2D eigenvalue weighted by molar-refractivity contribution is 5.77. The third kappa shape index (κ3) is 4.98. The number of carbonyl (C=O) groups is 2. The minimum Gasteiger partial charge on any atom is -0.353 e. The standard InChI is InChI=1S/C19H29N3O2/c1-13(2)15-4-6-16(7-5-15)14(3)12-18(23)21-17-8-10-22(11-9-17)19(20)24/h4-7,13-14,17H,8-12H2,1-3H3,(H2,20,24)(H,21,23). The Morgan fingerprint density at radius 1 is 1.12 bits per heavy atom. The highest BCUT2D eigenvalue weighted by Gasteiger charge is 2.23. The largest absolute Gasteiger partial charge is 0.353 e. The molecule has 2 rings (SSSR count). The van der Waals surface area contributed by atoms with Crippen LogP contribution in [0.15, 0.2) is 24.3 Å². The van der Waals surface area contributed by atoms with Gasteiger partial charge in [-0.1, -0.05) is 45.0 Å². The summed E-state index contributed by atoms with van der Waals surface area (Å²) in [5.41, 5.74) is 7.78. The highest BCUT2D eigenvalue weighted by atomic mass is 16.2. The van der Waals surface area contributed by atoms with Crippen LogP contribution in [0.3, 0.4) is 0 Å². The van der Waals surface area contributed by atoms with Gasteiger partial charge in [-0.05, 0) is 35.8 Å². The van der Waals surface area contributed by atoms with E-state index in [0.717, 1.165) is 12.8 Å². The van der Waals surface area contributed by atoms with Crippen molar-refractivity contribution in [2.45, 2.75) is 57.9 Å². The van der Waals surface area contributed by atoms with Gasteiger partial charge in [0.2, 0.25) is 5.91 Å². The molecule has 0 bridgehead atoms. The van der Waals surface area contributed by atoms with Crippen LogP contribution in [0.1, 0.15) is 63.0 Å². The number of benzene rings is 1. The molecular formula is C19H29N3O2. The molecule has 132 valence electrons. The van der Waals surface area contributed by atoms with Crippen molar-refractivity contribution in [3.05, 3.63) is 35.4 Å². The van der Waals surface area contributed by atoms with Gasteiger partial charge in [0.25, 0.3) is 0 Å². The number of piperidine rings is 1. The van der Waals surface area contributed by atoms with Crippen LogP contribution in [0.2, 0.25) is 0 Å². The maximum absolute atomic E-state index is 12.3. The monoisotopic (exact) mass is 331 g/mol. The van der Waals surface area contributed by atoms with Crippen LogP contribution in [-0.2, 0) is 4.79 Å². The molecule has 1 aliphatic rings. The van der Waals surface area contributed by atoms with Crippen LogP contribution in [0.5, 0.6) is 0 Å². The summed E-state index contributed by atoms with van der Waals surface area (Å²) in [5, 5.41) is 3.09. The van der Waals surface area contributed by atoms with E-state index >= 15 is 0 Å². The molecule has 3 N–H and O–H groups in total. The predicted molar refractivity (Wildman–Crippen MR) is 95.9 cm³/mol. The molecule has 1 atom stereocenters. The summed E-state index contributed by atoms with van der Waals surface area (Å²) in [6, 6.07) is 8.31. The lowest BCUT2D eigenvalue weighted by atomic mass is 9.94. The van der Waals surface area contributed by atoms with Gasteiger partial charge in [-0.2, -0.15) is 0 Å². The fraction of sp³-hybridized carbons (Fsp3) is 0.579. The molecule has 1 fully saturated rings. The van der Waals surface area contributed by atoms with E-state index in [2.05, 4.69) is 50.4 Å². The summed E-state index contributed by atoms with van der Waals surface area (Å²) in [6.45, 7) is 7.67. The Labute approximate surface area is 144 Å². The second-order valence-corrected chi connectivity index (χ2v) is 7.09. The molecule has 1 saturated heterocycles. The Kier molecular flexibility index (Phi) is 6.23. The van der Waals surface area contributed by atoms with Crippen LogP contribution in [-0.4, -0.2) is 36.0 Å². The molecule has 1 unspecified atom stereocenters. The molecule has 1 aromatic rings. The van der Waals surface area contributed by atoms with Crippen LogP contribution >= 0.6 is 0 Å². The van der Waals surface area contributed by atoms with E-state index in [1.54, 1.807) is 4.90 Å². The van der Waals surface area contributed by atoms with Gasteiger partial charge in [0, 0.05) is 25.6 Å². The van der Waals surface area contributed by atoms with Gasteiger partial charge >= 0.3 is 6.03 Å². The molecule has 1 heterocycles. The lowest BCUT2D eigenvalue weighted by molar-refractivity contribution is -0.122. The first kappa shape index (κ1) is 18.3. The second kappa shape index (κ2) is 8.18. The number of amides is 3. The van der Waals surface area contributed by atoms with E-state index in [9.17, 15) is 9.59 Å². The Balaban J connectivity index is 1.80. The molecule has 0 spiro atoms. The fourth-order valence-corrected chi connectivity index (χ4v) is 3.14. The summed E-state index contributed by atoms with van der Waals surface area (Å²) in [5.74, 6) is 0.786. The van der Waals surface area contributed by atoms with Crippen molar-refractivity contribution >= 4 is 11.9 Å². The number of primary amides is 1. The Bertz CT molecular complexity index is 560. The SMILES string of the molecule is CC(C)c1ccc(C(C)CC(=O)NC2CCN(C(N)=O)CC2)cc1. The first-order valence-corrected chi connectivity index (χ1v) is 8.80. The second-order valence-electron chi connectivity index (χ2n) is 7.09. The average Bonchev–Trinajstić information content (AvgIpc) is 2.55. The number of nitrogens with one attached hydrogen (secondary N) is 1. The molecule has 1 aliphatic heterocycles. The zero-order chi connectivity index (χ0) is 17.7. The van der Waals surface area contributed by atoms with E-state index in [1.807, 2.05) is 0 Å². The number of hydrogen-bond donors (Lipinski definition) is 2. The molecule has 0 saturated carbocycles. The van der Waals surface area contributed by atoms with Crippen LogP contribution < -0.4 is 11.1 Å². The van der Waals surface area contributed by atoms with Crippen molar-refractivity contribution in [3.63, 3.8) is 0 Å². The van der Waals surface area contributed by atoms with Gasteiger partial charge in [0.05, 0.1) is 0 Å².